The largest absolute Gasteiger partial charge is 0.421 e. The highest BCUT2D eigenvalue weighted by Crippen LogP contribution is 2.59. The molecule has 0 amide bonds. The second kappa shape index (κ2) is 4.19. The number of hydrogen-bond acceptors (Lipinski definition) is 2. The molecule has 0 radical (unpaired) electrons. The number of alkyl halides is 8. The predicted octanol–water partition coefficient (Wildman–Crippen LogP) is 3.54. The molecule has 2 nitrogen and oxygen atoms in total. The molecule has 0 bridgehead atoms. The zero-order chi connectivity index (χ0) is 16.1. The minimum absolute atomic E-state index is 0.578. The standard InChI is InChI=1S/C10H6F8O2/c1-4(2)6(19)20-5-3-7(11,12)9(15,16)10(17,18)8(5,13)14/h3H,1H2,2H3. The summed E-state index contributed by atoms with van der Waals surface area (Å²) in [6, 6.07) is 0. The average Bonchev–Trinajstić information content (AvgIpc) is 2.25. The van der Waals surface area contributed by atoms with Crippen LogP contribution in [0, 0.1) is 0 Å². The Bertz CT molecular complexity index is 491. The van der Waals surface area contributed by atoms with Crippen LogP contribution in [0.25, 0.3) is 0 Å². The van der Waals surface area contributed by atoms with Crippen LogP contribution in [-0.2, 0) is 9.53 Å². The molecule has 0 spiro atoms. The summed E-state index contributed by atoms with van der Waals surface area (Å²) in [5.74, 6) is -28.5. The van der Waals surface area contributed by atoms with E-state index in [1.54, 1.807) is 0 Å². The van der Waals surface area contributed by atoms with E-state index in [0.29, 0.717) is 0 Å². The maximum absolute atomic E-state index is 13.2. The van der Waals surface area contributed by atoms with Crippen molar-refractivity contribution >= 4 is 5.97 Å². The van der Waals surface area contributed by atoms with Crippen LogP contribution in [0.15, 0.2) is 24.0 Å². The van der Waals surface area contributed by atoms with Gasteiger partial charge < -0.3 is 4.74 Å². The molecule has 1 rings (SSSR count). The Morgan fingerprint density at radius 1 is 1.05 bits per heavy atom. The van der Waals surface area contributed by atoms with Gasteiger partial charge >= 0.3 is 29.7 Å². The first-order valence-corrected chi connectivity index (χ1v) is 4.81. The summed E-state index contributed by atoms with van der Waals surface area (Å²) >= 11 is 0. The van der Waals surface area contributed by atoms with Gasteiger partial charge in [-0.1, -0.05) is 6.58 Å². The number of carbonyl (C=O) groups excluding carboxylic acids is 1. The molecule has 1 aliphatic carbocycles. The molecule has 0 aromatic rings. The van der Waals surface area contributed by atoms with Crippen LogP contribution in [0.4, 0.5) is 35.1 Å². The normalized spacial score (nSPS) is 25.6. The summed E-state index contributed by atoms with van der Waals surface area (Å²) in [5.41, 5.74) is -0.578. The summed E-state index contributed by atoms with van der Waals surface area (Å²) in [5, 5.41) is 0. The van der Waals surface area contributed by atoms with Gasteiger partial charge in [-0.15, -0.1) is 0 Å². The van der Waals surface area contributed by atoms with Gasteiger partial charge in [-0.3, -0.25) is 0 Å². The molecule has 1 aliphatic rings. The first-order valence-electron chi connectivity index (χ1n) is 4.81. The molecule has 0 aliphatic heterocycles. The van der Waals surface area contributed by atoms with Crippen LogP contribution >= 0.6 is 0 Å². The Hall–Kier alpha value is -1.61. The lowest BCUT2D eigenvalue weighted by molar-refractivity contribution is -0.361. The fourth-order valence-corrected chi connectivity index (χ4v) is 1.19. The van der Waals surface area contributed by atoms with Crippen LogP contribution in [0.2, 0.25) is 0 Å². The number of carbonyl (C=O) groups is 1. The van der Waals surface area contributed by atoms with Crippen LogP contribution in [-0.4, -0.2) is 29.7 Å². The molecule has 0 heterocycles. The van der Waals surface area contributed by atoms with Crippen molar-refractivity contribution in [3.63, 3.8) is 0 Å². The summed E-state index contributed by atoms with van der Waals surface area (Å²) in [6.45, 7) is 3.81. The quantitative estimate of drug-likeness (QED) is 0.443. The maximum Gasteiger partial charge on any atom is 0.386 e. The molecule has 20 heavy (non-hydrogen) atoms. The maximum atomic E-state index is 13.2. The van der Waals surface area contributed by atoms with Crippen molar-refractivity contribution in [2.75, 3.05) is 0 Å². The van der Waals surface area contributed by atoms with Gasteiger partial charge in [0.15, 0.2) is 5.76 Å². The summed E-state index contributed by atoms with van der Waals surface area (Å²) < 4.78 is 107. The Balaban J connectivity index is 3.42. The predicted molar refractivity (Wildman–Crippen MR) is 48.8 cm³/mol. The highest BCUT2D eigenvalue weighted by atomic mass is 19.4. The second-order valence-electron chi connectivity index (χ2n) is 4.02. The Morgan fingerprint density at radius 2 is 1.50 bits per heavy atom. The van der Waals surface area contributed by atoms with Gasteiger partial charge in [-0.2, -0.15) is 35.1 Å². The van der Waals surface area contributed by atoms with Crippen LogP contribution < -0.4 is 0 Å². The summed E-state index contributed by atoms with van der Waals surface area (Å²) in [4.78, 5) is 10.9. The van der Waals surface area contributed by atoms with Crippen molar-refractivity contribution in [2.24, 2.45) is 0 Å². The molecular weight excluding hydrogens is 304 g/mol. The molecule has 0 fully saturated rings. The van der Waals surface area contributed by atoms with Crippen LogP contribution in [0.5, 0.6) is 0 Å². The van der Waals surface area contributed by atoms with Gasteiger partial charge in [-0.25, -0.2) is 4.79 Å². The van der Waals surface area contributed by atoms with E-state index in [1.165, 1.54) is 0 Å². The van der Waals surface area contributed by atoms with Crippen molar-refractivity contribution < 1.29 is 44.7 Å². The van der Waals surface area contributed by atoms with E-state index >= 15 is 0 Å². The van der Waals surface area contributed by atoms with Gasteiger partial charge in [0.1, 0.15) is 0 Å². The molecule has 0 unspecified atom stereocenters. The lowest BCUT2D eigenvalue weighted by atomic mass is 9.90. The number of hydrogen-bond donors (Lipinski definition) is 0. The molecule has 114 valence electrons. The lowest BCUT2D eigenvalue weighted by Gasteiger charge is -2.39. The minimum Gasteiger partial charge on any atom is -0.421 e. The van der Waals surface area contributed by atoms with E-state index in [0.717, 1.165) is 6.92 Å². The number of esters is 1. The van der Waals surface area contributed by atoms with E-state index in [9.17, 15) is 39.9 Å². The monoisotopic (exact) mass is 310 g/mol. The summed E-state index contributed by atoms with van der Waals surface area (Å²) in [7, 11) is 0. The van der Waals surface area contributed by atoms with E-state index in [4.69, 9.17) is 0 Å². The highest BCUT2D eigenvalue weighted by molar-refractivity contribution is 5.87. The third-order valence-corrected chi connectivity index (χ3v) is 2.38. The fourth-order valence-electron chi connectivity index (χ4n) is 1.19. The molecule has 0 atom stereocenters. The van der Waals surface area contributed by atoms with E-state index in [2.05, 4.69) is 11.3 Å². The third-order valence-electron chi connectivity index (χ3n) is 2.38. The topological polar surface area (TPSA) is 26.3 Å². The fraction of sp³-hybridized carbons (Fsp3) is 0.500. The van der Waals surface area contributed by atoms with Gasteiger partial charge in [0.05, 0.1) is 0 Å². The van der Waals surface area contributed by atoms with Crippen LogP contribution in [0.3, 0.4) is 0 Å². The number of rotatable bonds is 2. The van der Waals surface area contributed by atoms with E-state index in [-0.39, 0.29) is 0 Å². The Kier molecular flexibility index (Phi) is 3.45. The smallest absolute Gasteiger partial charge is 0.386 e. The highest BCUT2D eigenvalue weighted by Gasteiger charge is 2.84. The molecule has 0 saturated carbocycles. The second-order valence-corrected chi connectivity index (χ2v) is 4.02. The number of halogens is 8. The van der Waals surface area contributed by atoms with Gasteiger partial charge in [0, 0.05) is 11.6 Å². The Labute approximate surface area is 106 Å². The lowest BCUT2D eigenvalue weighted by Crippen LogP contribution is -2.65. The average molecular weight is 310 g/mol. The van der Waals surface area contributed by atoms with Crippen molar-refractivity contribution in [3.8, 4) is 0 Å². The van der Waals surface area contributed by atoms with E-state index in [1.807, 2.05) is 0 Å². The van der Waals surface area contributed by atoms with E-state index < -0.39 is 47.1 Å². The molecular formula is C10H6F8O2. The molecule has 0 saturated heterocycles. The third kappa shape index (κ3) is 1.97. The minimum atomic E-state index is -6.44. The van der Waals surface area contributed by atoms with Crippen LogP contribution in [0.1, 0.15) is 6.92 Å². The van der Waals surface area contributed by atoms with Gasteiger partial charge in [-0.05, 0) is 6.92 Å². The molecule has 0 N–H and O–H groups in total. The zero-order valence-corrected chi connectivity index (χ0v) is 9.62. The molecule has 10 heteroatoms. The number of allylic oxidation sites excluding steroid dienone is 2. The SMILES string of the molecule is C=C(C)C(=O)OC1=CC(F)(F)C(F)(F)C(F)(F)C1(F)F. The molecule has 0 aromatic heterocycles. The van der Waals surface area contributed by atoms with Gasteiger partial charge in [0.25, 0.3) is 0 Å². The van der Waals surface area contributed by atoms with Crippen molar-refractivity contribution in [2.45, 2.75) is 30.6 Å². The first-order chi connectivity index (χ1) is 8.68. The first kappa shape index (κ1) is 16.4. The zero-order valence-electron chi connectivity index (χ0n) is 9.62. The van der Waals surface area contributed by atoms with Crippen molar-refractivity contribution in [3.05, 3.63) is 24.0 Å². The Morgan fingerprint density at radius 3 is 1.90 bits per heavy atom. The summed E-state index contributed by atoms with van der Waals surface area (Å²) in [6.07, 6.45) is -1.19. The van der Waals surface area contributed by atoms with Crippen molar-refractivity contribution in [1.29, 1.82) is 0 Å². The number of ether oxygens (including phenoxy) is 1. The van der Waals surface area contributed by atoms with Crippen molar-refractivity contribution in [1.82, 2.24) is 0 Å². The van der Waals surface area contributed by atoms with Gasteiger partial charge in [0.2, 0.25) is 0 Å². The molecule has 0 aromatic carbocycles.